The van der Waals surface area contributed by atoms with Gasteiger partial charge in [-0.2, -0.15) is 0 Å². The Balaban J connectivity index is 5.20. The third-order valence-electron chi connectivity index (χ3n) is 18.3. The lowest BCUT2D eigenvalue weighted by atomic mass is 9.99. The van der Waals surface area contributed by atoms with Crippen LogP contribution in [0.5, 0.6) is 0 Å². The molecule has 0 radical (unpaired) electrons. The van der Waals surface area contributed by atoms with Crippen LogP contribution in [-0.4, -0.2) is 96.7 Å². The lowest BCUT2D eigenvalue weighted by Gasteiger charge is -2.21. The smallest absolute Gasteiger partial charge is 0.462 e. The third-order valence-corrected chi connectivity index (χ3v) is 20.2. The molecule has 0 aliphatic rings. The second-order valence-corrected chi connectivity index (χ2v) is 31.4. The lowest BCUT2D eigenvalue weighted by Crippen LogP contribution is -2.30. The number of unbranched alkanes of at least 4 members (excludes halogenated alkanes) is 45. The van der Waals surface area contributed by atoms with Gasteiger partial charge < -0.3 is 33.8 Å². The first-order valence-electron chi connectivity index (χ1n) is 40.0. The molecule has 3 unspecified atom stereocenters. The van der Waals surface area contributed by atoms with E-state index in [1.165, 1.54) is 218 Å². The topological polar surface area (TPSA) is 237 Å². The highest BCUT2D eigenvalue weighted by Gasteiger charge is 2.30. The number of hydrogen-bond acceptors (Lipinski definition) is 15. The highest BCUT2D eigenvalue weighted by Crippen LogP contribution is 2.45. The predicted molar refractivity (Wildman–Crippen MR) is 391 cm³/mol. The number of hydrogen-bond donors (Lipinski definition) is 3. The SMILES string of the molecule is CCCCCCCCCCCCCCCCC(=O)OC[C@H](COP(=O)(O)OC[C@@H](O)COP(=O)(O)OC[C@@H](COC(=O)CCCCCCCCCCC)OC(=O)CCCCCCCCCCC(C)CC)OC(=O)CCCCCCCCCCCCCCCCCCCCC(C)C. The molecule has 0 heterocycles. The van der Waals surface area contributed by atoms with E-state index >= 15 is 0 Å². The molecule has 0 aromatic heterocycles. The van der Waals surface area contributed by atoms with Gasteiger partial charge in [-0.15, -0.1) is 0 Å². The number of rotatable bonds is 76. The van der Waals surface area contributed by atoms with E-state index in [1.807, 2.05) is 0 Å². The van der Waals surface area contributed by atoms with Crippen molar-refractivity contribution in [1.29, 1.82) is 0 Å². The van der Waals surface area contributed by atoms with Gasteiger partial charge in [0, 0.05) is 25.7 Å². The Morgan fingerprint density at radius 1 is 0.302 bits per heavy atom. The minimum Gasteiger partial charge on any atom is -0.462 e. The zero-order valence-corrected chi connectivity index (χ0v) is 64.5. The number of phosphoric acid groups is 2. The maximum atomic E-state index is 13.1. The summed E-state index contributed by atoms with van der Waals surface area (Å²) in [5, 5.41) is 10.6. The molecular weight excluding hydrogens is 1260 g/mol. The highest BCUT2D eigenvalue weighted by atomic mass is 31.2. The monoisotopic (exact) mass is 1410 g/mol. The minimum atomic E-state index is -4.96. The number of aliphatic hydroxyl groups is 1. The largest absolute Gasteiger partial charge is 0.472 e. The van der Waals surface area contributed by atoms with Gasteiger partial charge in [-0.1, -0.05) is 350 Å². The normalized spacial score (nSPS) is 14.3. The van der Waals surface area contributed by atoms with Crippen molar-refractivity contribution in [3.8, 4) is 0 Å². The van der Waals surface area contributed by atoms with Crippen LogP contribution in [0.3, 0.4) is 0 Å². The van der Waals surface area contributed by atoms with E-state index in [9.17, 15) is 43.2 Å². The molecule has 19 heteroatoms. The molecule has 3 N–H and O–H groups in total. The van der Waals surface area contributed by atoms with Crippen LogP contribution in [0.2, 0.25) is 0 Å². The molecule has 0 rings (SSSR count). The van der Waals surface area contributed by atoms with Gasteiger partial charge in [0.1, 0.15) is 19.3 Å². The van der Waals surface area contributed by atoms with E-state index < -0.39 is 97.5 Å². The molecule has 0 bridgehead atoms. The summed E-state index contributed by atoms with van der Waals surface area (Å²) in [5.41, 5.74) is 0. The van der Waals surface area contributed by atoms with Gasteiger partial charge in [0.2, 0.25) is 0 Å². The first kappa shape index (κ1) is 94.1. The molecule has 0 spiro atoms. The fraction of sp³-hybridized carbons (Fsp3) is 0.948. The summed E-state index contributed by atoms with van der Waals surface area (Å²) in [5.74, 6) is -0.526. The van der Waals surface area contributed by atoms with Crippen molar-refractivity contribution in [3.63, 3.8) is 0 Å². The Morgan fingerprint density at radius 2 is 0.531 bits per heavy atom. The van der Waals surface area contributed by atoms with E-state index in [1.54, 1.807) is 0 Å². The molecule has 0 amide bonds. The number of aliphatic hydroxyl groups excluding tert-OH is 1. The fourth-order valence-electron chi connectivity index (χ4n) is 11.8. The molecular formula is C77H150O17P2. The fourth-order valence-corrected chi connectivity index (χ4v) is 13.4. The number of carbonyl (C=O) groups excluding carboxylic acids is 4. The number of esters is 4. The predicted octanol–water partition coefficient (Wildman–Crippen LogP) is 22.7. The van der Waals surface area contributed by atoms with Crippen molar-refractivity contribution in [2.24, 2.45) is 11.8 Å². The van der Waals surface area contributed by atoms with Crippen LogP contribution in [0.25, 0.3) is 0 Å². The first-order chi connectivity index (χ1) is 46.4. The quantitative estimate of drug-likeness (QED) is 0.0222. The maximum Gasteiger partial charge on any atom is 0.472 e. The van der Waals surface area contributed by atoms with Crippen LogP contribution >= 0.6 is 15.6 Å². The highest BCUT2D eigenvalue weighted by molar-refractivity contribution is 7.47. The van der Waals surface area contributed by atoms with Gasteiger partial charge in [0.25, 0.3) is 0 Å². The van der Waals surface area contributed by atoms with E-state index in [2.05, 4.69) is 41.5 Å². The molecule has 0 aromatic rings. The van der Waals surface area contributed by atoms with Crippen LogP contribution in [0.4, 0.5) is 0 Å². The van der Waals surface area contributed by atoms with Crippen molar-refractivity contribution < 1.29 is 80.2 Å². The molecule has 17 nitrogen and oxygen atoms in total. The summed E-state index contributed by atoms with van der Waals surface area (Å²) in [4.78, 5) is 72.8. The van der Waals surface area contributed by atoms with Gasteiger partial charge in [-0.05, 0) is 37.5 Å². The van der Waals surface area contributed by atoms with Crippen molar-refractivity contribution in [2.75, 3.05) is 39.6 Å². The van der Waals surface area contributed by atoms with E-state index in [0.717, 1.165) is 102 Å². The Hall–Kier alpha value is -1.94. The molecule has 0 aromatic carbocycles. The molecule has 0 fully saturated rings. The number of carbonyl (C=O) groups is 4. The zero-order chi connectivity index (χ0) is 70.7. The third kappa shape index (κ3) is 69.2. The zero-order valence-electron chi connectivity index (χ0n) is 62.7. The Labute approximate surface area is 588 Å². The summed E-state index contributed by atoms with van der Waals surface area (Å²) in [7, 11) is -9.91. The summed E-state index contributed by atoms with van der Waals surface area (Å²) in [6.07, 6.45) is 56.9. The maximum absolute atomic E-state index is 13.1. The summed E-state index contributed by atoms with van der Waals surface area (Å²) < 4.78 is 68.5. The second kappa shape index (κ2) is 68.8. The number of phosphoric ester groups is 2. The van der Waals surface area contributed by atoms with E-state index in [4.69, 9.17) is 37.0 Å². The van der Waals surface area contributed by atoms with Crippen LogP contribution in [0, 0.1) is 11.8 Å². The van der Waals surface area contributed by atoms with Gasteiger partial charge in [0.15, 0.2) is 12.2 Å². The van der Waals surface area contributed by atoms with Gasteiger partial charge in [-0.25, -0.2) is 9.13 Å². The molecule has 6 atom stereocenters. The molecule has 0 aliphatic heterocycles. The van der Waals surface area contributed by atoms with Crippen LogP contribution in [0.15, 0.2) is 0 Å². The summed E-state index contributed by atoms with van der Waals surface area (Å²) in [6.45, 7) is 9.62. The van der Waals surface area contributed by atoms with Crippen molar-refractivity contribution >= 4 is 39.5 Å². The average molecular weight is 1410 g/mol. The Morgan fingerprint density at radius 3 is 0.792 bits per heavy atom. The van der Waals surface area contributed by atoms with Gasteiger partial charge >= 0.3 is 39.5 Å². The second-order valence-electron chi connectivity index (χ2n) is 28.5. The minimum absolute atomic E-state index is 0.105. The Kier molecular flexibility index (Phi) is 67.4. The molecule has 0 saturated heterocycles. The van der Waals surface area contributed by atoms with Crippen LogP contribution < -0.4 is 0 Å². The average Bonchev–Trinajstić information content (AvgIpc) is 2.36. The van der Waals surface area contributed by atoms with E-state index in [0.29, 0.717) is 25.7 Å². The van der Waals surface area contributed by atoms with Crippen molar-refractivity contribution in [2.45, 2.75) is 419 Å². The van der Waals surface area contributed by atoms with Crippen LogP contribution in [-0.2, 0) is 65.4 Å². The Bertz CT molecular complexity index is 1860. The van der Waals surface area contributed by atoms with Crippen molar-refractivity contribution in [1.82, 2.24) is 0 Å². The van der Waals surface area contributed by atoms with Crippen LogP contribution in [0.1, 0.15) is 401 Å². The van der Waals surface area contributed by atoms with Gasteiger partial charge in [0.05, 0.1) is 26.4 Å². The summed E-state index contributed by atoms with van der Waals surface area (Å²) >= 11 is 0. The molecule has 570 valence electrons. The molecule has 0 aliphatic carbocycles. The van der Waals surface area contributed by atoms with E-state index in [-0.39, 0.29) is 25.7 Å². The van der Waals surface area contributed by atoms with Gasteiger partial charge in [-0.3, -0.25) is 37.3 Å². The first-order valence-corrected chi connectivity index (χ1v) is 43.0. The standard InChI is InChI=1S/C77H150O17P2/c1-7-10-12-14-16-18-19-20-28-31-35-42-48-54-60-75(80)88-66-72(93-76(81)61-55-49-43-36-32-29-26-24-22-21-23-25-27-30-34-39-45-51-57-69(4)5)67-91-95(83,84)89-63-71(78)64-90-96(85,86)92-68-73(65-87-74(79)59-53-47-41-33-17-15-13-11-8-2)94-77(82)62-56-50-44-38-37-40-46-52-58-70(6)9-3/h69-73,78H,7-68H2,1-6H3,(H,83,84)(H,85,86)/t70?,71-,72-,73-/m1/s1. The molecule has 96 heavy (non-hydrogen) atoms. The summed E-state index contributed by atoms with van der Waals surface area (Å²) in [6, 6.07) is 0. The van der Waals surface area contributed by atoms with Crippen molar-refractivity contribution in [3.05, 3.63) is 0 Å². The number of ether oxygens (including phenoxy) is 4. The molecule has 0 saturated carbocycles. The lowest BCUT2D eigenvalue weighted by molar-refractivity contribution is -0.161.